The highest BCUT2D eigenvalue weighted by molar-refractivity contribution is 6.10. The zero-order valence-corrected chi connectivity index (χ0v) is 12.2. The molecule has 1 N–H and O–H groups in total. The molecule has 0 spiro atoms. The minimum Gasteiger partial charge on any atom is -0.457 e. The van der Waals surface area contributed by atoms with Crippen LogP contribution < -0.4 is 10.2 Å². The Hall–Kier alpha value is -4.33. The zero-order chi connectivity index (χ0) is 17.4. The molecule has 2 aromatic rings. The number of nitrogens with one attached hydrogen (secondary N) is 1. The van der Waals surface area contributed by atoms with Gasteiger partial charge in [0.15, 0.2) is 0 Å². The summed E-state index contributed by atoms with van der Waals surface area (Å²) in [6.45, 7) is 0. The van der Waals surface area contributed by atoms with Gasteiger partial charge in [0, 0.05) is 0 Å². The first kappa shape index (κ1) is 16.0. The zero-order valence-electron chi connectivity index (χ0n) is 12.2. The summed E-state index contributed by atoms with van der Waals surface area (Å²) in [6.07, 6.45) is 0. The maximum Gasteiger partial charge on any atom is 0.237 e. The topological polar surface area (TPSA) is 129 Å². The van der Waals surface area contributed by atoms with Gasteiger partial charge in [-0.1, -0.05) is 0 Å². The third-order valence-electron chi connectivity index (χ3n) is 2.83. The first-order valence-electron chi connectivity index (χ1n) is 6.56. The quantitative estimate of drug-likeness (QED) is 0.682. The molecule has 0 aliphatic rings. The second-order valence-electron chi connectivity index (χ2n) is 4.35. The SMILES string of the molecule is N#CC(C#N)=NNc1ccc(Oc2ccc(C#N)c(C#N)c2)cc1. The van der Waals surface area contributed by atoms with E-state index in [1.54, 1.807) is 42.5 Å². The molecule has 0 aromatic heterocycles. The average molecular weight is 312 g/mol. The molecule has 0 saturated carbocycles. The molecule has 0 bridgehead atoms. The number of nitriles is 4. The first-order valence-corrected chi connectivity index (χ1v) is 6.56. The molecular formula is C17H8N6O. The van der Waals surface area contributed by atoms with E-state index in [-0.39, 0.29) is 16.8 Å². The van der Waals surface area contributed by atoms with Gasteiger partial charge in [-0.3, -0.25) is 5.43 Å². The van der Waals surface area contributed by atoms with Gasteiger partial charge in [0.2, 0.25) is 5.71 Å². The molecule has 7 nitrogen and oxygen atoms in total. The second-order valence-corrected chi connectivity index (χ2v) is 4.35. The van der Waals surface area contributed by atoms with Crippen molar-refractivity contribution in [3.63, 3.8) is 0 Å². The molecular weight excluding hydrogens is 304 g/mol. The summed E-state index contributed by atoms with van der Waals surface area (Å²) in [5.74, 6) is 0.944. The highest BCUT2D eigenvalue weighted by Gasteiger charge is 2.05. The predicted octanol–water partition coefficient (Wildman–Crippen LogP) is 3.04. The molecule has 24 heavy (non-hydrogen) atoms. The molecule has 2 rings (SSSR count). The van der Waals surface area contributed by atoms with Gasteiger partial charge in [0.1, 0.15) is 35.8 Å². The molecule has 0 saturated heterocycles. The van der Waals surface area contributed by atoms with Gasteiger partial charge in [-0.15, -0.1) is 0 Å². The van der Waals surface area contributed by atoms with Gasteiger partial charge in [0.25, 0.3) is 0 Å². The van der Waals surface area contributed by atoms with Crippen LogP contribution >= 0.6 is 0 Å². The van der Waals surface area contributed by atoms with Gasteiger partial charge in [0.05, 0.1) is 16.8 Å². The highest BCUT2D eigenvalue weighted by atomic mass is 16.5. The van der Waals surface area contributed by atoms with Crippen molar-refractivity contribution in [2.45, 2.75) is 0 Å². The summed E-state index contributed by atoms with van der Waals surface area (Å²) >= 11 is 0. The van der Waals surface area contributed by atoms with E-state index in [1.165, 1.54) is 12.1 Å². The third kappa shape index (κ3) is 3.86. The van der Waals surface area contributed by atoms with E-state index in [4.69, 9.17) is 25.8 Å². The van der Waals surface area contributed by atoms with Crippen molar-refractivity contribution in [1.29, 1.82) is 21.0 Å². The van der Waals surface area contributed by atoms with E-state index in [1.807, 2.05) is 12.1 Å². The number of hydrogen-bond donors (Lipinski definition) is 1. The Bertz CT molecular complexity index is 933. The van der Waals surface area contributed by atoms with Crippen LogP contribution in [-0.2, 0) is 0 Å². The molecule has 0 radical (unpaired) electrons. The Morgan fingerprint density at radius 1 is 0.833 bits per heavy atom. The van der Waals surface area contributed by atoms with Crippen LogP contribution in [0.4, 0.5) is 5.69 Å². The van der Waals surface area contributed by atoms with Crippen molar-refractivity contribution in [1.82, 2.24) is 0 Å². The largest absolute Gasteiger partial charge is 0.457 e. The van der Waals surface area contributed by atoms with E-state index in [2.05, 4.69) is 10.5 Å². The number of rotatable bonds is 4. The summed E-state index contributed by atoms with van der Waals surface area (Å²) in [7, 11) is 0. The van der Waals surface area contributed by atoms with Crippen molar-refractivity contribution >= 4 is 11.4 Å². The maximum atomic E-state index is 9.00. The Balaban J connectivity index is 2.12. The van der Waals surface area contributed by atoms with Crippen molar-refractivity contribution in [3.8, 4) is 35.8 Å². The minimum atomic E-state index is -0.281. The number of hydrazone groups is 1. The molecule has 0 aliphatic carbocycles. The van der Waals surface area contributed by atoms with E-state index < -0.39 is 0 Å². The number of nitrogens with zero attached hydrogens (tertiary/aromatic N) is 5. The minimum absolute atomic E-state index is 0.239. The molecule has 0 unspecified atom stereocenters. The Morgan fingerprint density at radius 3 is 2.04 bits per heavy atom. The summed E-state index contributed by atoms with van der Waals surface area (Å²) in [4.78, 5) is 0. The fraction of sp³-hybridized carbons (Fsp3) is 0. The van der Waals surface area contributed by atoms with Crippen molar-refractivity contribution < 1.29 is 4.74 Å². The van der Waals surface area contributed by atoms with Crippen LogP contribution in [0.15, 0.2) is 47.6 Å². The number of benzene rings is 2. The van der Waals surface area contributed by atoms with E-state index in [9.17, 15) is 0 Å². The van der Waals surface area contributed by atoms with E-state index in [0.29, 0.717) is 17.2 Å². The van der Waals surface area contributed by atoms with Crippen LogP contribution in [-0.4, -0.2) is 5.71 Å². The number of ether oxygens (including phenoxy) is 1. The smallest absolute Gasteiger partial charge is 0.237 e. The summed E-state index contributed by atoms with van der Waals surface area (Å²) in [6, 6.07) is 18.4. The van der Waals surface area contributed by atoms with Crippen LogP contribution in [0.3, 0.4) is 0 Å². The molecule has 0 amide bonds. The molecule has 112 valence electrons. The first-order chi connectivity index (χ1) is 11.7. The third-order valence-corrected chi connectivity index (χ3v) is 2.83. The molecule has 0 fully saturated rings. The maximum absolute atomic E-state index is 9.00. The Kier molecular flexibility index (Phi) is 5.09. The Labute approximate surface area is 137 Å². The summed E-state index contributed by atoms with van der Waals surface area (Å²) < 4.78 is 5.61. The molecule has 0 heterocycles. The lowest BCUT2D eigenvalue weighted by Gasteiger charge is -2.07. The van der Waals surface area contributed by atoms with Gasteiger partial charge >= 0.3 is 0 Å². The van der Waals surface area contributed by atoms with Gasteiger partial charge in [-0.05, 0) is 42.5 Å². The molecule has 0 aliphatic heterocycles. The lowest BCUT2D eigenvalue weighted by molar-refractivity contribution is 0.482. The highest BCUT2D eigenvalue weighted by Crippen LogP contribution is 2.25. The van der Waals surface area contributed by atoms with Crippen molar-refractivity contribution in [3.05, 3.63) is 53.6 Å². The second kappa shape index (κ2) is 7.61. The Morgan fingerprint density at radius 2 is 1.46 bits per heavy atom. The van der Waals surface area contributed by atoms with Crippen LogP contribution in [0.2, 0.25) is 0 Å². The lowest BCUT2D eigenvalue weighted by atomic mass is 10.1. The standard InChI is InChI=1S/C17H8N6O/c18-8-12-1-4-17(7-13(12)9-19)24-16-5-2-14(3-6-16)22-23-15(10-20)11-21/h1-7,22H. The van der Waals surface area contributed by atoms with E-state index in [0.717, 1.165) is 0 Å². The van der Waals surface area contributed by atoms with Crippen LogP contribution in [0.5, 0.6) is 11.5 Å². The van der Waals surface area contributed by atoms with Gasteiger partial charge in [-0.25, -0.2) is 0 Å². The van der Waals surface area contributed by atoms with Crippen molar-refractivity contribution in [2.75, 3.05) is 5.43 Å². The van der Waals surface area contributed by atoms with Crippen molar-refractivity contribution in [2.24, 2.45) is 5.10 Å². The van der Waals surface area contributed by atoms with Crippen LogP contribution in [0.25, 0.3) is 0 Å². The van der Waals surface area contributed by atoms with E-state index >= 15 is 0 Å². The average Bonchev–Trinajstić information content (AvgIpc) is 2.63. The van der Waals surface area contributed by atoms with Crippen LogP contribution in [0, 0.1) is 45.3 Å². The van der Waals surface area contributed by atoms with Gasteiger partial charge < -0.3 is 4.74 Å². The summed E-state index contributed by atoms with van der Waals surface area (Å²) in [5.41, 5.74) is 3.40. The predicted molar refractivity (Wildman–Crippen MR) is 84.7 cm³/mol. The van der Waals surface area contributed by atoms with Gasteiger partial charge in [-0.2, -0.15) is 26.1 Å². The van der Waals surface area contributed by atoms with Crippen LogP contribution in [0.1, 0.15) is 11.1 Å². The molecule has 7 heteroatoms. The number of hydrogen-bond acceptors (Lipinski definition) is 7. The monoisotopic (exact) mass is 312 g/mol. The molecule has 2 aromatic carbocycles. The lowest BCUT2D eigenvalue weighted by Crippen LogP contribution is -1.96. The summed E-state index contributed by atoms with van der Waals surface area (Å²) in [5, 5.41) is 38.7. The normalized spacial score (nSPS) is 8.67. The number of anilines is 1. The fourth-order valence-corrected chi connectivity index (χ4v) is 1.71. The molecule has 0 atom stereocenters. The fourth-order valence-electron chi connectivity index (χ4n) is 1.71.